The first-order valence-electron chi connectivity index (χ1n) is 7.38. The molecule has 2 aromatic rings. The Balaban J connectivity index is 2.11. The highest BCUT2D eigenvalue weighted by atomic mass is 32.1. The number of hydrogen-bond acceptors (Lipinski definition) is 3. The van der Waals surface area contributed by atoms with Gasteiger partial charge in [0.25, 0.3) is 5.91 Å². The number of amides is 1. The Morgan fingerprint density at radius 1 is 1.17 bits per heavy atom. The molecule has 2 aromatic carbocycles. The lowest BCUT2D eigenvalue weighted by Gasteiger charge is -2.21. The fraction of sp³-hybridized carbons (Fsp3) is 0.222. The van der Waals surface area contributed by atoms with Gasteiger partial charge in [0.15, 0.2) is 5.11 Å². The van der Waals surface area contributed by atoms with Crippen molar-refractivity contribution in [1.82, 2.24) is 5.32 Å². The highest BCUT2D eigenvalue weighted by Crippen LogP contribution is 2.30. The van der Waals surface area contributed by atoms with Gasteiger partial charge in [-0.15, -0.1) is 0 Å². The summed E-state index contributed by atoms with van der Waals surface area (Å²) in [4.78, 5) is 12.0. The summed E-state index contributed by atoms with van der Waals surface area (Å²) in [6.07, 6.45) is 0. The Labute approximate surface area is 145 Å². The van der Waals surface area contributed by atoms with E-state index in [-0.39, 0.29) is 21.8 Å². The van der Waals surface area contributed by atoms with Crippen LogP contribution < -0.4 is 10.6 Å². The van der Waals surface area contributed by atoms with Crippen molar-refractivity contribution in [3.05, 3.63) is 59.4 Å². The molecular formula is C18H19FN2O2S. The third-order valence-corrected chi connectivity index (χ3v) is 3.63. The zero-order valence-corrected chi connectivity index (χ0v) is 14.5. The summed E-state index contributed by atoms with van der Waals surface area (Å²) in [7, 11) is 0. The van der Waals surface area contributed by atoms with Crippen LogP contribution in [0.1, 0.15) is 36.7 Å². The number of hydrogen-bond donors (Lipinski definition) is 3. The molecule has 0 atom stereocenters. The first kappa shape index (κ1) is 17.9. The smallest absolute Gasteiger partial charge is 0.257 e. The fourth-order valence-corrected chi connectivity index (χ4v) is 2.26. The summed E-state index contributed by atoms with van der Waals surface area (Å²) in [5.41, 5.74) is 1.46. The molecule has 24 heavy (non-hydrogen) atoms. The van der Waals surface area contributed by atoms with E-state index in [2.05, 4.69) is 10.6 Å². The number of phenols is 1. The number of thiocarbonyl (C=S) groups is 1. The minimum Gasteiger partial charge on any atom is -0.506 e. The highest BCUT2D eigenvalue weighted by Gasteiger charge is 2.16. The van der Waals surface area contributed by atoms with Crippen LogP contribution in [0, 0.1) is 5.82 Å². The molecule has 0 aliphatic carbocycles. The van der Waals surface area contributed by atoms with Gasteiger partial charge in [-0.1, -0.05) is 32.9 Å². The van der Waals surface area contributed by atoms with E-state index in [0.717, 1.165) is 11.6 Å². The van der Waals surface area contributed by atoms with Gasteiger partial charge in [-0.2, -0.15) is 0 Å². The average molecular weight is 346 g/mol. The van der Waals surface area contributed by atoms with E-state index in [1.54, 1.807) is 12.1 Å². The van der Waals surface area contributed by atoms with E-state index in [9.17, 15) is 14.3 Å². The van der Waals surface area contributed by atoms with E-state index in [0.29, 0.717) is 5.69 Å². The van der Waals surface area contributed by atoms with Crippen LogP contribution in [-0.4, -0.2) is 16.1 Å². The first-order chi connectivity index (χ1) is 11.2. The molecule has 0 unspecified atom stereocenters. The number of anilines is 1. The largest absolute Gasteiger partial charge is 0.506 e. The Morgan fingerprint density at radius 3 is 2.50 bits per heavy atom. The number of aromatic hydroxyl groups is 1. The van der Waals surface area contributed by atoms with Crippen molar-refractivity contribution < 1.29 is 14.3 Å². The molecule has 2 rings (SSSR count). The molecule has 0 bridgehead atoms. The van der Waals surface area contributed by atoms with Gasteiger partial charge in [-0.3, -0.25) is 10.1 Å². The van der Waals surface area contributed by atoms with Gasteiger partial charge < -0.3 is 10.4 Å². The molecule has 0 aliphatic rings. The van der Waals surface area contributed by atoms with E-state index >= 15 is 0 Å². The lowest BCUT2D eigenvalue weighted by molar-refractivity contribution is 0.0977. The fourth-order valence-electron chi connectivity index (χ4n) is 2.06. The van der Waals surface area contributed by atoms with Crippen LogP contribution in [0.15, 0.2) is 42.5 Å². The monoisotopic (exact) mass is 346 g/mol. The number of carbonyl (C=O) groups is 1. The van der Waals surface area contributed by atoms with Crippen molar-refractivity contribution in [2.24, 2.45) is 0 Å². The molecule has 0 heterocycles. The van der Waals surface area contributed by atoms with Crippen molar-refractivity contribution in [3.8, 4) is 5.75 Å². The van der Waals surface area contributed by atoms with E-state index in [4.69, 9.17) is 12.2 Å². The van der Waals surface area contributed by atoms with E-state index in [1.807, 2.05) is 26.8 Å². The molecule has 0 fully saturated rings. The SMILES string of the molecule is CC(C)(C)c1ccc(O)c(NC(=S)NC(=O)c2cccc(F)c2)c1. The zero-order chi connectivity index (χ0) is 17.9. The molecule has 0 spiro atoms. The lowest BCUT2D eigenvalue weighted by Crippen LogP contribution is -2.34. The van der Waals surface area contributed by atoms with Gasteiger partial charge in [0.05, 0.1) is 5.69 Å². The molecule has 0 saturated carbocycles. The summed E-state index contributed by atoms with van der Waals surface area (Å²) >= 11 is 5.09. The topological polar surface area (TPSA) is 61.4 Å². The third kappa shape index (κ3) is 4.52. The van der Waals surface area contributed by atoms with Crippen LogP contribution in [0.4, 0.5) is 10.1 Å². The summed E-state index contributed by atoms with van der Waals surface area (Å²) in [5, 5.41) is 15.2. The number of rotatable bonds is 2. The van der Waals surface area contributed by atoms with Crippen LogP contribution >= 0.6 is 12.2 Å². The maximum absolute atomic E-state index is 13.2. The molecule has 0 aromatic heterocycles. The van der Waals surface area contributed by atoms with Gasteiger partial charge in [0.2, 0.25) is 0 Å². The summed E-state index contributed by atoms with van der Waals surface area (Å²) < 4.78 is 13.2. The summed E-state index contributed by atoms with van der Waals surface area (Å²) in [6, 6.07) is 10.5. The standard InChI is InChI=1S/C18H19FN2O2S/c1-18(2,3)12-7-8-15(22)14(10-12)20-17(24)21-16(23)11-5-4-6-13(19)9-11/h4-10,22H,1-3H3,(H2,20,21,23,24). The van der Waals surface area contributed by atoms with Gasteiger partial charge in [0, 0.05) is 5.56 Å². The molecule has 1 amide bonds. The molecule has 126 valence electrons. The second-order valence-electron chi connectivity index (χ2n) is 6.40. The summed E-state index contributed by atoms with van der Waals surface area (Å²) in [5.74, 6) is -1.01. The average Bonchev–Trinajstić information content (AvgIpc) is 2.48. The van der Waals surface area contributed by atoms with Crippen LogP contribution in [0.3, 0.4) is 0 Å². The number of phenolic OH excluding ortho intramolecular Hbond substituents is 1. The van der Waals surface area contributed by atoms with Crippen LogP contribution in [0.25, 0.3) is 0 Å². The first-order valence-corrected chi connectivity index (χ1v) is 7.79. The van der Waals surface area contributed by atoms with Crippen LogP contribution in [-0.2, 0) is 5.41 Å². The minimum atomic E-state index is -0.529. The number of benzene rings is 2. The van der Waals surface area contributed by atoms with Crippen molar-refractivity contribution in [2.45, 2.75) is 26.2 Å². The highest BCUT2D eigenvalue weighted by molar-refractivity contribution is 7.80. The van der Waals surface area contributed by atoms with E-state index in [1.165, 1.54) is 18.2 Å². The third-order valence-electron chi connectivity index (χ3n) is 3.42. The van der Waals surface area contributed by atoms with Gasteiger partial charge in [0.1, 0.15) is 11.6 Å². The second kappa shape index (κ2) is 6.97. The zero-order valence-electron chi connectivity index (χ0n) is 13.7. The van der Waals surface area contributed by atoms with Crippen molar-refractivity contribution >= 4 is 28.9 Å². The number of carbonyl (C=O) groups excluding carboxylic acids is 1. The van der Waals surface area contributed by atoms with Crippen molar-refractivity contribution in [1.29, 1.82) is 0 Å². The number of nitrogens with one attached hydrogen (secondary N) is 2. The summed E-state index contributed by atoms with van der Waals surface area (Å²) in [6.45, 7) is 6.15. The second-order valence-corrected chi connectivity index (χ2v) is 6.81. The molecule has 3 N–H and O–H groups in total. The van der Waals surface area contributed by atoms with Crippen LogP contribution in [0.2, 0.25) is 0 Å². The number of halogens is 1. The van der Waals surface area contributed by atoms with Crippen LogP contribution in [0.5, 0.6) is 5.75 Å². The molecule has 0 saturated heterocycles. The van der Waals surface area contributed by atoms with E-state index < -0.39 is 11.7 Å². The Hall–Kier alpha value is -2.47. The maximum Gasteiger partial charge on any atom is 0.257 e. The van der Waals surface area contributed by atoms with Crippen molar-refractivity contribution in [2.75, 3.05) is 5.32 Å². The van der Waals surface area contributed by atoms with Gasteiger partial charge in [-0.05, 0) is 53.5 Å². The lowest BCUT2D eigenvalue weighted by atomic mass is 9.87. The normalized spacial score (nSPS) is 11.0. The quantitative estimate of drug-likeness (QED) is 0.569. The predicted octanol–water partition coefficient (Wildman–Crippen LogP) is 3.96. The minimum absolute atomic E-state index is 0.0188. The Morgan fingerprint density at radius 2 is 1.88 bits per heavy atom. The molecular weight excluding hydrogens is 327 g/mol. The molecule has 6 heteroatoms. The van der Waals surface area contributed by atoms with Gasteiger partial charge >= 0.3 is 0 Å². The molecule has 4 nitrogen and oxygen atoms in total. The maximum atomic E-state index is 13.2. The Bertz CT molecular complexity index is 785. The van der Waals surface area contributed by atoms with Gasteiger partial charge in [-0.25, -0.2) is 4.39 Å². The molecule has 0 radical (unpaired) electrons. The Kier molecular flexibility index (Phi) is 5.19. The molecule has 0 aliphatic heterocycles. The predicted molar refractivity (Wildman–Crippen MR) is 96.9 cm³/mol. The van der Waals surface area contributed by atoms with Crippen molar-refractivity contribution in [3.63, 3.8) is 0 Å².